The van der Waals surface area contributed by atoms with Gasteiger partial charge in [0.15, 0.2) is 5.84 Å². The maximum atomic E-state index is 12.6. The number of amides is 1. The summed E-state index contributed by atoms with van der Waals surface area (Å²) in [5, 5.41) is 11.7. The van der Waals surface area contributed by atoms with E-state index in [0.29, 0.717) is 6.54 Å². The first-order valence-corrected chi connectivity index (χ1v) is 6.21. The quantitative estimate of drug-likeness (QED) is 0.378. The fourth-order valence-corrected chi connectivity index (χ4v) is 1.81. The fourth-order valence-electron chi connectivity index (χ4n) is 1.81. The lowest BCUT2D eigenvalue weighted by Gasteiger charge is -2.30. The minimum atomic E-state index is -1.05. The smallest absolute Gasteiger partial charge is 0.240 e. The monoisotopic (exact) mass is 263 g/mol. The lowest BCUT2D eigenvalue weighted by Crippen LogP contribution is -2.48. The summed E-state index contributed by atoms with van der Waals surface area (Å²) in [6, 6.07) is 7.67. The number of oxime groups is 1. The van der Waals surface area contributed by atoms with E-state index in [4.69, 9.17) is 10.9 Å². The number of hydrogen-bond donors (Lipinski definition) is 2. The lowest BCUT2D eigenvalue weighted by molar-refractivity contribution is -0.123. The van der Waals surface area contributed by atoms with Crippen molar-refractivity contribution in [2.75, 3.05) is 11.4 Å². The summed E-state index contributed by atoms with van der Waals surface area (Å²) in [4.78, 5) is 14.2. The Labute approximate surface area is 113 Å². The third-order valence-corrected chi connectivity index (χ3v) is 3.16. The molecule has 0 aliphatic carbocycles. The van der Waals surface area contributed by atoms with E-state index in [2.05, 4.69) is 5.16 Å². The standard InChI is InChI=1S/C14H21N3O2/c1-5-17(11-8-6-7-10(2)9-11)13(18)14(3,4)12(15)16-19/h6-9,19H,5H2,1-4H3,(H2,15,16). The Morgan fingerprint density at radius 1 is 1.47 bits per heavy atom. The van der Waals surface area contributed by atoms with Gasteiger partial charge in [0.1, 0.15) is 5.41 Å². The van der Waals surface area contributed by atoms with Gasteiger partial charge in [0.05, 0.1) is 0 Å². The van der Waals surface area contributed by atoms with Crippen LogP contribution in [0.3, 0.4) is 0 Å². The molecule has 0 bridgehead atoms. The minimum Gasteiger partial charge on any atom is -0.409 e. The van der Waals surface area contributed by atoms with Crippen LogP contribution in [0.5, 0.6) is 0 Å². The first-order chi connectivity index (χ1) is 8.84. The normalized spacial score (nSPS) is 12.3. The molecule has 0 saturated carbocycles. The Morgan fingerprint density at radius 3 is 2.58 bits per heavy atom. The van der Waals surface area contributed by atoms with Crippen molar-refractivity contribution in [3.8, 4) is 0 Å². The molecule has 104 valence electrons. The van der Waals surface area contributed by atoms with Gasteiger partial charge in [0, 0.05) is 12.2 Å². The largest absolute Gasteiger partial charge is 0.409 e. The minimum absolute atomic E-state index is 0.0939. The van der Waals surface area contributed by atoms with Crippen LogP contribution in [0.25, 0.3) is 0 Å². The van der Waals surface area contributed by atoms with E-state index in [-0.39, 0.29) is 11.7 Å². The molecule has 0 radical (unpaired) electrons. The number of amidine groups is 1. The predicted octanol–water partition coefficient (Wildman–Crippen LogP) is 2.12. The molecule has 1 aromatic carbocycles. The highest BCUT2D eigenvalue weighted by Crippen LogP contribution is 2.24. The summed E-state index contributed by atoms with van der Waals surface area (Å²) in [5.74, 6) is -0.292. The molecule has 0 heterocycles. The number of anilines is 1. The lowest BCUT2D eigenvalue weighted by atomic mass is 9.90. The number of carbonyl (C=O) groups is 1. The molecule has 0 aromatic heterocycles. The Balaban J connectivity index is 3.14. The highest BCUT2D eigenvalue weighted by Gasteiger charge is 2.36. The molecule has 0 spiro atoms. The van der Waals surface area contributed by atoms with E-state index in [1.54, 1.807) is 18.7 Å². The summed E-state index contributed by atoms with van der Waals surface area (Å²) in [6.07, 6.45) is 0. The van der Waals surface area contributed by atoms with Crippen LogP contribution < -0.4 is 10.6 Å². The number of hydrogen-bond acceptors (Lipinski definition) is 3. The molecule has 3 N–H and O–H groups in total. The summed E-state index contributed by atoms with van der Waals surface area (Å²) < 4.78 is 0. The van der Waals surface area contributed by atoms with Crippen LogP contribution in [0.2, 0.25) is 0 Å². The van der Waals surface area contributed by atoms with Crippen LogP contribution in [-0.2, 0) is 4.79 Å². The number of nitrogens with two attached hydrogens (primary N) is 1. The molecule has 0 unspecified atom stereocenters. The molecule has 0 aliphatic heterocycles. The van der Waals surface area contributed by atoms with E-state index in [1.165, 1.54) is 0 Å². The summed E-state index contributed by atoms with van der Waals surface area (Å²) in [6.45, 7) is 7.66. The van der Waals surface area contributed by atoms with Gasteiger partial charge in [0.25, 0.3) is 0 Å². The van der Waals surface area contributed by atoms with Gasteiger partial charge in [-0.1, -0.05) is 17.3 Å². The zero-order chi connectivity index (χ0) is 14.6. The molecule has 5 nitrogen and oxygen atoms in total. The molecule has 19 heavy (non-hydrogen) atoms. The van der Waals surface area contributed by atoms with Gasteiger partial charge in [0.2, 0.25) is 5.91 Å². The van der Waals surface area contributed by atoms with Crippen molar-refractivity contribution in [2.45, 2.75) is 27.7 Å². The average Bonchev–Trinajstić information content (AvgIpc) is 2.38. The molecular formula is C14H21N3O2. The second-order valence-corrected chi connectivity index (χ2v) is 5.00. The Morgan fingerprint density at radius 2 is 2.11 bits per heavy atom. The van der Waals surface area contributed by atoms with Crippen LogP contribution in [0.15, 0.2) is 29.4 Å². The maximum Gasteiger partial charge on any atom is 0.240 e. The summed E-state index contributed by atoms with van der Waals surface area (Å²) >= 11 is 0. The molecule has 0 saturated heterocycles. The van der Waals surface area contributed by atoms with Crippen LogP contribution in [0, 0.1) is 12.3 Å². The van der Waals surface area contributed by atoms with Crippen LogP contribution in [0.4, 0.5) is 5.69 Å². The zero-order valence-corrected chi connectivity index (χ0v) is 11.8. The van der Waals surface area contributed by atoms with Gasteiger partial charge < -0.3 is 15.8 Å². The average molecular weight is 263 g/mol. The van der Waals surface area contributed by atoms with E-state index in [1.807, 2.05) is 38.1 Å². The van der Waals surface area contributed by atoms with Gasteiger partial charge in [-0.15, -0.1) is 0 Å². The molecule has 5 heteroatoms. The number of nitrogens with zero attached hydrogens (tertiary/aromatic N) is 2. The van der Waals surface area contributed by atoms with Gasteiger partial charge in [-0.25, -0.2) is 0 Å². The maximum absolute atomic E-state index is 12.6. The highest BCUT2D eigenvalue weighted by atomic mass is 16.4. The number of benzene rings is 1. The Bertz CT molecular complexity index is 495. The number of aryl methyl sites for hydroxylation is 1. The first-order valence-electron chi connectivity index (χ1n) is 6.21. The molecule has 0 atom stereocenters. The zero-order valence-electron chi connectivity index (χ0n) is 11.8. The topological polar surface area (TPSA) is 78.9 Å². The second kappa shape index (κ2) is 5.73. The van der Waals surface area contributed by atoms with E-state index in [9.17, 15) is 4.79 Å². The molecule has 0 fully saturated rings. The van der Waals surface area contributed by atoms with E-state index in [0.717, 1.165) is 11.3 Å². The van der Waals surface area contributed by atoms with Crippen LogP contribution in [0.1, 0.15) is 26.3 Å². The first kappa shape index (κ1) is 15.0. The second-order valence-electron chi connectivity index (χ2n) is 5.00. The third-order valence-electron chi connectivity index (χ3n) is 3.16. The van der Waals surface area contributed by atoms with Crippen molar-refractivity contribution in [3.63, 3.8) is 0 Å². The van der Waals surface area contributed by atoms with Crippen molar-refractivity contribution in [1.82, 2.24) is 0 Å². The highest BCUT2D eigenvalue weighted by molar-refractivity contribution is 6.12. The molecule has 0 aliphatic rings. The fraction of sp³-hybridized carbons (Fsp3) is 0.429. The van der Waals surface area contributed by atoms with Crippen molar-refractivity contribution in [1.29, 1.82) is 0 Å². The SMILES string of the molecule is CCN(C(=O)C(C)(C)C(N)=NO)c1cccc(C)c1. The van der Waals surface area contributed by atoms with Gasteiger partial charge in [-0.2, -0.15) is 0 Å². The van der Waals surface area contributed by atoms with Crippen molar-refractivity contribution >= 4 is 17.4 Å². The van der Waals surface area contributed by atoms with E-state index < -0.39 is 5.41 Å². The van der Waals surface area contributed by atoms with Crippen LogP contribution >= 0.6 is 0 Å². The predicted molar refractivity (Wildman–Crippen MR) is 76.4 cm³/mol. The van der Waals surface area contributed by atoms with Crippen LogP contribution in [-0.4, -0.2) is 23.5 Å². The van der Waals surface area contributed by atoms with Crippen molar-refractivity contribution in [3.05, 3.63) is 29.8 Å². The van der Waals surface area contributed by atoms with Gasteiger partial charge >= 0.3 is 0 Å². The molecular weight excluding hydrogens is 242 g/mol. The van der Waals surface area contributed by atoms with Gasteiger partial charge in [-0.3, -0.25) is 4.79 Å². The third kappa shape index (κ3) is 3.05. The number of rotatable bonds is 4. The Hall–Kier alpha value is -2.04. The molecule has 1 rings (SSSR count). The van der Waals surface area contributed by atoms with Gasteiger partial charge in [-0.05, 0) is 45.4 Å². The summed E-state index contributed by atoms with van der Waals surface area (Å²) in [7, 11) is 0. The molecule has 1 amide bonds. The summed E-state index contributed by atoms with van der Waals surface area (Å²) in [5.41, 5.74) is 6.44. The number of carbonyl (C=O) groups excluding carboxylic acids is 1. The molecule has 1 aromatic rings. The van der Waals surface area contributed by atoms with Crippen molar-refractivity contribution < 1.29 is 10.0 Å². The van der Waals surface area contributed by atoms with E-state index >= 15 is 0 Å². The Kier molecular flexibility index (Phi) is 4.53. The van der Waals surface area contributed by atoms with Crippen molar-refractivity contribution in [2.24, 2.45) is 16.3 Å².